The molecule has 122 valence electrons. The molecule has 1 saturated heterocycles. The van der Waals surface area contributed by atoms with E-state index in [1.807, 2.05) is 30.3 Å². The van der Waals surface area contributed by atoms with Crippen molar-refractivity contribution in [2.45, 2.75) is 50.7 Å². The summed E-state index contributed by atoms with van der Waals surface area (Å²) in [5.74, 6) is 1.12. The van der Waals surface area contributed by atoms with Crippen molar-refractivity contribution in [3.8, 4) is 0 Å². The number of aliphatic hydroxyl groups excluding tert-OH is 1. The maximum atomic E-state index is 10.5. The van der Waals surface area contributed by atoms with E-state index in [-0.39, 0.29) is 0 Å². The van der Waals surface area contributed by atoms with Gasteiger partial charge in [-0.1, -0.05) is 30.3 Å². The van der Waals surface area contributed by atoms with Gasteiger partial charge in [0.15, 0.2) is 0 Å². The lowest BCUT2D eigenvalue weighted by Gasteiger charge is -2.25. The highest BCUT2D eigenvalue weighted by Crippen LogP contribution is 2.33. The van der Waals surface area contributed by atoms with Gasteiger partial charge in [0.25, 0.3) is 0 Å². The summed E-state index contributed by atoms with van der Waals surface area (Å²) >= 11 is 0. The van der Waals surface area contributed by atoms with Gasteiger partial charge in [-0.3, -0.25) is 4.90 Å². The first-order chi connectivity index (χ1) is 11.3. The molecule has 1 aliphatic carbocycles. The average molecular weight is 311 g/mol. The zero-order valence-electron chi connectivity index (χ0n) is 13.5. The number of rotatable bonds is 4. The minimum Gasteiger partial charge on any atom is -0.387 e. The van der Waals surface area contributed by atoms with Crippen LogP contribution in [0, 0.1) is 0 Å². The zero-order valence-corrected chi connectivity index (χ0v) is 13.5. The van der Waals surface area contributed by atoms with Gasteiger partial charge in [-0.15, -0.1) is 0 Å². The summed E-state index contributed by atoms with van der Waals surface area (Å²) in [6.07, 6.45) is 6.67. The molecular weight excluding hydrogens is 286 g/mol. The number of aryl methyl sites for hydroxylation is 2. The number of aromatic amines is 1. The van der Waals surface area contributed by atoms with Crippen LogP contribution >= 0.6 is 0 Å². The molecule has 1 aromatic heterocycles. The van der Waals surface area contributed by atoms with Gasteiger partial charge in [-0.05, 0) is 50.6 Å². The van der Waals surface area contributed by atoms with Crippen LogP contribution in [0.5, 0.6) is 0 Å². The molecule has 1 fully saturated rings. The Morgan fingerprint density at radius 2 is 2.00 bits per heavy atom. The second-order valence-corrected chi connectivity index (χ2v) is 6.83. The summed E-state index contributed by atoms with van der Waals surface area (Å²) in [4.78, 5) is 10.9. The van der Waals surface area contributed by atoms with Gasteiger partial charge in [-0.25, -0.2) is 4.98 Å². The van der Waals surface area contributed by atoms with Crippen LogP contribution in [-0.4, -0.2) is 33.1 Å². The van der Waals surface area contributed by atoms with E-state index in [0.29, 0.717) is 12.6 Å². The van der Waals surface area contributed by atoms with Crippen molar-refractivity contribution >= 4 is 0 Å². The van der Waals surface area contributed by atoms with Crippen LogP contribution in [0.1, 0.15) is 60.6 Å². The highest BCUT2D eigenvalue weighted by molar-refractivity contribution is 5.20. The monoisotopic (exact) mass is 311 g/mol. The molecule has 0 saturated carbocycles. The van der Waals surface area contributed by atoms with E-state index in [2.05, 4.69) is 9.88 Å². The molecule has 0 bridgehead atoms. The van der Waals surface area contributed by atoms with Crippen LogP contribution < -0.4 is 0 Å². The Labute approximate surface area is 137 Å². The molecule has 0 spiro atoms. The molecule has 1 aliphatic heterocycles. The summed E-state index contributed by atoms with van der Waals surface area (Å²) < 4.78 is 0. The van der Waals surface area contributed by atoms with Crippen molar-refractivity contribution in [3.05, 3.63) is 53.1 Å². The molecule has 4 rings (SSSR count). The van der Waals surface area contributed by atoms with Crippen molar-refractivity contribution in [1.82, 2.24) is 14.9 Å². The number of β-amino-alcohol motifs (C(OH)–C–C–N with tert-alkyl or cyclic N) is 1. The molecule has 23 heavy (non-hydrogen) atoms. The Hall–Kier alpha value is -1.65. The minimum absolute atomic E-state index is 0.332. The molecule has 4 heteroatoms. The van der Waals surface area contributed by atoms with Gasteiger partial charge in [0, 0.05) is 12.2 Å². The smallest absolute Gasteiger partial charge is 0.124 e. The number of hydrogen-bond acceptors (Lipinski definition) is 3. The Balaban J connectivity index is 1.49. The largest absolute Gasteiger partial charge is 0.387 e. The molecule has 0 amide bonds. The second kappa shape index (κ2) is 6.46. The number of imidazole rings is 1. The summed E-state index contributed by atoms with van der Waals surface area (Å²) in [7, 11) is 0. The van der Waals surface area contributed by atoms with Crippen LogP contribution in [-0.2, 0) is 12.8 Å². The predicted molar refractivity (Wildman–Crippen MR) is 90.2 cm³/mol. The Kier molecular flexibility index (Phi) is 4.19. The second-order valence-electron chi connectivity index (χ2n) is 6.83. The number of benzene rings is 1. The number of likely N-dealkylation sites (tertiary alicyclic amines) is 1. The molecular formula is C19H25N3O. The predicted octanol–water partition coefficient (Wildman–Crippen LogP) is 3.16. The van der Waals surface area contributed by atoms with E-state index < -0.39 is 6.10 Å². The first-order valence-corrected chi connectivity index (χ1v) is 8.86. The summed E-state index contributed by atoms with van der Waals surface area (Å²) in [5.41, 5.74) is 3.63. The lowest BCUT2D eigenvalue weighted by molar-refractivity contribution is 0.104. The molecule has 0 unspecified atom stereocenters. The first-order valence-electron chi connectivity index (χ1n) is 8.86. The topological polar surface area (TPSA) is 52.1 Å². The van der Waals surface area contributed by atoms with Crippen LogP contribution in [0.4, 0.5) is 0 Å². The third-order valence-electron chi connectivity index (χ3n) is 5.24. The highest BCUT2D eigenvalue weighted by Gasteiger charge is 2.31. The third-order valence-corrected chi connectivity index (χ3v) is 5.24. The summed E-state index contributed by atoms with van der Waals surface area (Å²) in [6, 6.07) is 10.3. The third kappa shape index (κ3) is 3.06. The van der Waals surface area contributed by atoms with Crippen LogP contribution in [0.25, 0.3) is 0 Å². The maximum absolute atomic E-state index is 10.5. The Bertz CT molecular complexity index is 628. The van der Waals surface area contributed by atoms with Crippen molar-refractivity contribution < 1.29 is 5.11 Å². The van der Waals surface area contributed by atoms with E-state index >= 15 is 0 Å². The van der Waals surface area contributed by atoms with E-state index in [1.54, 1.807) is 0 Å². The maximum Gasteiger partial charge on any atom is 0.124 e. The molecule has 2 atom stereocenters. The number of nitrogens with zero attached hydrogens (tertiary/aromatic N) is 2. The number of aliphatic hydroxyl groups is 1. The van der Waals surface area contributed by atoms with E-state index in [1.165, 1.54) is 30.7 Å². The van der Waals surface area contributed by atoms with Crippen LogP contribution in [0.2, 0.25) is 0 Å². The van der Waals surface area contributed by atoms with Gasteiger partial charge in [-0.2, -0.15) is 0 Å². The fraction of sp³-hybridized carbons (Fsp3) is 0.526. The van der Waals surface area contributed by atoms with Crippen molar-refractivity contribution in [1.29, 1.82) is 0 Å². The van der Waals surface area contributed by atoms with Gasteiger partial charge in [0.05, 0.1) is 17.8 Å². The number of aromatic nitrogens is 2. The first kappa shape index (κ1) is 14.9. The normalized spacial score (nSPS) is 22.9. The van der Waals surface area contributed by atoms with Crippen LogP contribution in [0.3, 0.4) is 0 Å². The van der Waals surface area contributed by atoms with E-state index in [9.17, 15) is 5.11 Å². The molecule has 2 aromatic rings. The lowest BCUT2D eigenvalue weighted by Crippen LogP contribution is -2.29. The van der Waals surface area contributed by atoms with Gasteiger partial charge < -0.3 is 10.1 Å². The fourth-order valence-corrected chi connectivity index (χ4v) is 3.99. The summed E-state index contributed by atoms with van der Waals surface area (Å²) in [5, 5.41) is 10.5. The van der Waals surface area contributed by atoms with Gasteiger partial charge in [0.1, 0.15) is 5.82 Å². The molecule has 2 aliphatic rings. The standard InChI is InChI=1S/C19H25N3O/c23-18(14-7-2-1-3-8-14)13-22-12-6-11-17(22)19-20-15-9-4-5-10-16(15)21-19/h1-3,7-8,17-18,23H,4-6,9-13H2,(H,20,21)/t17-,18+/m0/s1. The molecule has 2 heterocycles. The average Bonchev–Trinajstić information content (AvgIpc) is 3.21. The molecule has 4 nitrogen and oxygen atoms in total. The molecule has 0 radical (unpaired) electrons. The van der Waals surface area contributed by atoms with E-state index in [4.69, 9.17) is 4.98 Å². The minimum atomic E-state index is -0.429. The Morgan fingerprint density at radius 1 is 1.17 bits per heavy atom. The van der Waals surface area contributed by atoms with Crippen molar-refractivity contribution in [2.75, 3.05) is 13.1 Å². The van der Waals surface area contributed by atoms with E-state index in [0.717, 1.165) is 37.2 Å². The quantitative estimate of drug-likeness (QED) is 0.912. The number of nitrogens with one attached hydrogen (secondary N) is 1. The van der Waals surface area contributed by atoms with Crippen LogP contribution in [0.15, 0.2) is 30.3 Å². The number of H-pyrrole nitrogens is 1. The number of fused-ring (bicyclic) bond motifs is 1. The molecule has 2 N–H and O–H groups in total. The number of hydrogen-bond donors (Lipinski definition) is 2. The Morgan fingerprint density at radius 3 is 2.83 bits per heavy atom. The van der Waals surface area contributed by atoms with Crippen molar-refractivity contribution in [3.63, 3.8) is 0 Å². The lowest BCUT2D eigenvalue weighted by atomic mass is 10.0. The molecule has 1 aromatic carbocycles. The highest BCUT2D eigenvalue weighted by atomic mass is 16.3. The fourth-order valence-electron chi connectivity index (χ4n) is 3.99. The van der Waals surface area contributed by atoms with Gasteiger partial charge in [0.2, 0.25) is 0 Å². The zero-order chi connectivity index (χ0) is 15.6. The van der Waals surface area contributed by atoms with Crippen molar-refractivity contribution in [2.24, 2.45) is 0 Å². The SMILES string of the molecule is O[C@H](CN1CCC[C@H]1c1nc2c([nH]1)CCCC2)c1ccccc1. The summed E-state index contributed by atoms with van der Waals surface area (Å²) in [6.45, 7) is 1.72. The van der Waals surface area contributed by atoms with Gasteiger partial charge >= 0.3 is 0 Å².